The third kappa shape index (κ3) is 4.32. The summed E-state index contributed by atoms with van der Waals surface area (Å²) < 4.78 is 13.9. The molecule has 2 N–H and O–H groups in total. The quantitative estimate of drug-likeness (QED) is 0.786. The summed E-state index contributed by atoms with van der Waals surface area (Å²) in [7, 11) is 0. The largest absolute Gasteiger partial charge is 0.349 e. The Bertz CT molecular complexity index is 853. The molecule has 0 radical (unpaired) electrons. The van der Waals surface area contributed by atoms with E-state index in [2.05, 4.69) is 17.2 Å². The molecule has 134 valence electrons. The van der Waals surface area contributed by atoms with Gasteiger partial charge in [0.25, 0.3) is 0 Å². The number of hydrogen-bond donors (Lipinski definition) is 2. The summed E-state index contributed by atoms with van der Waals surface area (Å²) in [5.41, 5.74) is 2.23. The third-order valence-corrected chi connectivity index (χ3v) is 5.26. The summed E-state index contributed by atoms with van der Waals surface area (Å²) in [6.45, 7) is 3.41. The average Bonchev–Trinajstić information content (AvgIpc) is 2.63. The number of fused-ring (bicyclic) bond motifs is 1. The van der Waals surface area contributed by atoms with Crippen molar-refractivity contribution in [3.05, 3.63) is 72.1 Å². The topological polar surface area (TPSA) is 58.2 Å². The highest BCUT2D eigenvalue weighted by atomic mass is 32.2. The molecule has 0 fully saturated rings. The van der Waals surface area contributed by atoms with E-state index in [4.69, 9.17) is 0 Å². The van der Waals surface area contributed by atoms with Gasteiger partial charge in [-0.3, -0.25) is 9.59 Å². The lowest BCUT2D eigenvalue weighted by molar-refractivity contribution is -0.121. The molecule has 1 atom stereocenters. The molecule has 4 nitrogen and oxygen atoms in total. The van der Waals surface area contributed by atoms with Crippen molar-refractivity contribution >= 4 is 29.3 Å². The number of carbonyl (C=O) groups excluding carboxylic acids is 2. The fourth-order valence-corrected chi connectivity index (χ4v) is 4.06. The van der Waals surface area contributed by atoms with Crippen LogP contribution in [0.4, 0.5) is 10.1 Å². The second kappa shape index (κ2) is 8.19. The van der Waals surface area contributed by atoms with Crippen LogP contribution < -0.4 is 10.6 Å². The zero-order valence-electron chi connectivity index (χ0n) is 14.1. The van der Waals surface area contributed by atoms with Crippen molar-refractivity contribution in [2.24, 2.45) is 0 Å². The summed E-state index contributed by atoms with van der Waals surface area (Å²) in [5.74, 6) is 0.0912. The van der Waals surface area contributed by atoms with Crippen LogP contribution >= 0.6 is 11.8 Å². The van der Waals surface area contributed by atoms with Crippen LogP contribution in [0, 0.1) is 5.82 Å². The Balaban J connectivity index is 1.67. The lowest BCUT2D eigenvalue weighted by atomic mass is 10.0. The van der Waals surface area contributed by atoms with Crippen LogP contribution in [0.5, 0.6) is 0 Å². The van der Waals surface area contributed by atoms with Crippen LogP contribution in [0.15, 0.2) is 60.0 Å². The van der Waals surface area contributed by atoms with Gasteiger partial charge in [-0.15, -0.1) is 11.8 Å². The van der Waals surface area contributed by atoms with Gasteiger partial charge >= 0.3 is 0 Å². The molecule has 2 amide bonds. The number of amides is 2. The molecule has 0 aromatic heterocycles. The van der Waals surface area contributed by atoms with E-state index >= 15 is 0 Å². The summed E-state index contributed by atoms with van der Waals surface area (Å²) in [6, 6.07) is 11.9. The van der Waals surface area contributed by atoms with Gasteiger partial charge in [0, 0.05) is 16.3 Å². The van der Waals surface area contributed by atoms with E-state index < -0.39 is 0 Å². The number of halogens is 1. The number of carbonyl (C=O) groups is 2. The van der Waals surface area contributed by atoms with Crippen molar-refractivity contribution < 1.29 is 14.0 Å². The zero-order chi connectivity index (χ0) is 18.5. The number of nitrogens with one attached hydrogen (secondary N) is 2. The minimum atomic E-state index is -0.301. The maximum Gasteiger partial charge on any atom is 0.247 e. The molecule has 0 aliphatic carbocycles. The Labute approximate surface area is 155 Å². The van der Waals surface area contributed by atoms with E-state index in [1.54, 1.807) is 24.3 Å². The Morgan fingerprint density at radius 3 is 2.88 bits per heavy atom. The molecule has 0 saturated heterocycles. The minimum Gasteiger partial charge on any atom is -0.349 e. The van der Waals surface area contributed by atoms with Gasteiger partial charge in [-0.25, -0.2) is 4.39 Å². The first-order valence-corrected chi connectivity index (χ1v) is 9.28. The van der Waals surface area contributed by atoms with Crippen LogP contribution in [0.1, 0.15) is 23.6 Å². The van der Waals surface area contributed by atoms with Gasteiger partial charge in [-0.2, -0.15) is 0 Å². The highest BCUT2D eigenvalue weighted by Gasteiger charge is 2.24. The number of anilines is 1. The highest BCUT2D eigenvalue weighted by Crippen LogP contribution is 2.37. The fraction of sp³-hybridized carbons (Fsp3) is 0.200. The van der Waals surface area contributed by atoms with Crippen LogP contribution in [-0.2, 0) is 16.0 Å². The lowest BCUT2D eigenvalue weighted by Crippen LogP contribution is -2.32. The van der Waals surface area contributed by atoms with Gasteiger partial charge in [0.1, 0.15) is 5.82 Å². The van der Waals surface area contributed by atoms with Crippen LogP contribution in [0.3, 0.4) is 0 Å². The van der Waals surface area contributed by atoms with Crippen LogP contribution in [0.2, 0.25) is 0 Å². The van der Waals surface area contributed by atoms with Crippen molar-refractivity contribution in [2.75, 3.05) is 11.1 Å². The molecule has 1 unspecified atom stereocenters. The summed E-state index contributed by atoms with van der Waals surface area (Å²) in [6.07, 6.45) is 2.14. The zero-order valence-corrected chi connectivity index (χ0v) is 14.9. The summed E-state index contributed by atoms with van der Waals surface area (Å²) >= 11 is 1.49. The van der Waals surface area contributed by atoms with Crippen molar-refractivity contribution in [3.63, 3.8) is 0 Å². The SMILES string of the molecule is C=CC(=O)Nc1cccc(CC(=O)NC2CCSc3c(F)cccc32)c1. The van der Waals surface area contributed by atoms with Crippen LogP contribution in [0.25, 0.3) is 0 Å². The van der Waals surface area contributed by atoms with Crippen LogP contribution in [-0.4, -0.2) is 17.6 Å². The maximum absolute atomic E-state index is 13.9. The smallest absolute Gasteiger partial charge is 0.247 e. The van der Waals surface area contributed by atoms with Crippen molar-refractivity contribution in [2.45, 2.75) is 23.8 Å². The predicted octanol–water partition coefficient (Wildman–Crippen LogP) is 3.85. The monoisotopic (exact) mass is 370 g/mol. The molecule has 1 heterocycles. The van der Waals surface area contributed by atoms with Gasteiger partial charge < -0.3 is 10.6 Å². The van der Waals surface area contributed by atoms with Gasteiger partial charge in [0.15, 0.2) is 0 Å². The number of hydrogen-bond acceptors (Lipinski definition) is 3. The maximum atomic E-state index is 13.9. The first-order chi connectivity index (χ1) is 12.6. The molecular formula is C20H19FN2O2S. The normalized spacial score (nSPS) is 15.7. The Hall–Kier alpha value is -2.60. The lowest BCUT2D eigenvalue weighted by Gasteiger charge is -2.26. The van der Waals surface area contributed by atoms with Crippen molar-refractivity contribution in [1.29, 1.82) is 0 Å². The molecular weight excluding hydrogens is 351 g/mol. The molecule has 6 heteroatoms. The van der Waals surface area contributed by atoms with E-state index in [0.29, 0.717) is 10.6 Å². The fourth-order valence-electron chi connectivity index (χ4n) is 2.92. The summed E-state index contributed by atoms with van der Waals surface area (Å²) in [5, 5.41) is 5.67. The molecule has 26 heavy (non-hydrogen) atoms. The van der Waals surface area contributed by atoms with Gasteiger partial charge in [0.05, 0.1) is 12.5 Å². The Morgan fingerprint density at radius 2 is 2.08 bits per heavy atom. The molecule has 1 aliphatic heterocycles. The molecule has 0 spiro atoms. The molecule has 1 aliphatic rings. The van der Waals surface area contributed by atoms with Crippen molar-refractivity contribution in [1.82, 2.24) is 5.32 Å². The molecule has 0 bridgehead atoms. The van der Waals surface area contributed by atoms with Gasteiger partial charge in [-0.05, 0) is 41.8 Å². The number of benzene rings is 2. The number of rotatable bonds is 5. The second-order valence-electron chi connectivity index (χ2n) is 5.99. The molecule has 2 aromatic carbocycles. The van der Waals surface area contributed by atoms with Gasteiger partial charge in [0.2, 0.25) is 11.8 Å². The predicted molar refractivity (Wildman–Crippen MR) is 102 cm³/mol. The first-order valence-electron chi connectivity index (χ1n) is 8.30. The standard InChI is InChI=1S/C20H19FN2O2S/c1-2-18(24)22-14-6-3-5-13(11-14)12-19(25)23-17-9-10-26-20-15(17)7-4-8-16(20)21/h2-8,11,17H,1,9-10,12H2,(H,22,24)(H,23,25). The third-order valence-electron chi connectivity index (χ3n) is 4.11. The number of thioether (sulfide) groups is 1. The van der Waals surface area contributed by atoms with E-state index in [9.17, 15) is 14.0 Å². The molecule has 0 saturated carbocycles. The van der Waals surface area contributed by atoms with Gasteiger partial charge in [-0.1, -0.05) is 30.8 Å². The Morgan fingerprint density at radius 1 is 1.27 bits per heavy atom. The highest BCUT2D eigenvalue weighted by molar-refractivity contribution is 7.99. The molecule has 3 rings (SSSR count). The van der Waals surface area contributed by atoms with E-state index in [0.717, 1.165) is 23.3 Å². The first kappa shape index (κ1) is 18.2. The Kier molecular flexibility index (Phi) is 5.73. The van der Waals surface area contributed by atoms with E-state index in [-0.39, 0.29) is 30.1 Å². The summed E-state index contributed by atoms with van der Waals surface area (Å²) in [4.78, 5) is 24.5. The average molecular weight is 370 g/mol. The van der Waals surface area contributed by atoms with E-state index in [1.807, 2.05) is 12.1 Å². The molecule has 2 aromatic rings. The second-order valence-corrected chi connectivity index (χ2v) is 7.09. The minimum absolute atomic E-state index is 0.135. The van der Waals surface area contributed by atoms with Crippen molar-refractivity contribution in [3.8, 4) is 0 Å². The van der Waals surface area contributed by atoms with E-state index in [1.165, 1.54) is 23.9 Å².